The zero-order valence-corrected chi connectivity index (χ0v) is 16.3. The van der Waals surface area contributed by atoms with Crippen LogP contribution in [-0.2, 0) is 16.1 Å². The molecule has 0 radical (unpaired) electrons. The number of hydrogen-bond donors (Lipinski definition) is 2. The van der Waals surface area contributed by atoms with E-state index in [0.717, 1.165) is 20.9 Å². The molecule has 1 heterocycles. The normalized spacial score (nSPS) is 11.9. The van der Waals surface area contributed by atoms with Crippen LogP contribution in [0, 0.1) is 13.8 Å². The smallest absolute Gasteiger partial charge is 0.341 e. The number of carbonyl (C=O) groups excluding carboxylic acids is 2. The Morgan fingerprint density at radius 3 is 2.48 bits per heavy atom. The summed E-state index contributed by atoms with van der Waals surface area (Å²) in [6.45, 7) is 4.77. The fourth-order valence-electron chi connectivity index (χ4n) is 2.52. The van der Waals surface area contributed by atoms with E-state index in [-0.39, 0.29) is 5.91 Å². The van der Waals surface area contributed by atoms with Crippen molar-refractivity contribution in [1.29, 1.82) is 0 Å². The Morgan fingerprint density at radius 1 is 1.24 bits per heavy atom. The van der Waals surface area contributed by atoms with Gasteiger partial charge in [-0.3, -0.25) is 4.79 Å². The van der Waals surface area contributed by atoms with Crippen molar-refractivity contribution in [1.82, 2.24) is 0 Å². The number of amides is 1. The minimum absolute atomic E-state index is 0.141. The lowest BCUT2D eigenvalue weighted by molar-refractivity contribution is -0.885. The first-order valence-corrected chi connectivity index (χ1v) is 9.05. The van der Waals surface area contributed by atoms with Crippen molar-refractivity contribution in [2.45, 2.75) is 20.4 Å². The van der Waals surface area contributed by atoms with Gasteiger partial charge in [-0.25, -0.2) is 4.79 Å². The van der Waals surface area contributed by atoms with E-state index >= 15 is 0 Å². The van der Waals surface area contributed by atoms with Crippen LogP contribution in [0.2, 0.25) is 5.02 Å². The van der Waals surface area contributed by atoms with Crippen LogP contribution in [0.4, 0.5) is 5.00 Å². The molecule has 134 valence electrons. The van der Waals surface area contributed by atoms with Crippen LogP contribution in [-0.4, -0.2) is 32.6 Å². The lowest BCUT2D eigenvalue weighted by atomic mass is 10.1. The lowest BCUT2D eigenvalue weighted by Crippen LogP contribution is -3.08. The molecule has 1 aromatic carbocycles. The van der Waals surface area contributed by atoms with Crippen molar-refractivity contribution in [3.63, 3.8) is 0 Å². The van der Waals surface area contributed by atoms with Gasteiger partial charge in [0.2, 0.25) is 0 Å². The largest absolute Gasteiger partial charge is 0.465 e. The molecule has 0 aliphatic heterocycles. The Labute approximate surface area is 156 Å². The molecule has 2 N–H and O–H groups in total. The summed E-state index contributed by atoms with van der Waals surface area (Å²) < 4.78 is 4.82. The van der Waals surface area contributed by atoms with Crippen molar-refractivity contribution in [3.05, 3.63) is 50.9 Å². The highest BCUT2D eigenvalue weighted by atomic mass is 35.5. The average molecular weight is 382 g/mol. The summed E-state index contributed by atoms with van der Waals surface area (Å²) in [6, 6.07) is 7.57. The van der Waals surface area contributed by atoms with E-state index in [1.165, 1.54) is 18.4 Å². The van der Waals surface area contributed by atoms with Gasteiger partial charge in [-0.05, 0) is 31.5 Å². The summed E-state index contributed by atoms with van der Waals surface area (Å²) in [5.41, 5.74) is 2.38. The second-order valence-corrected chi connectivity index (χ2v) is 7.63. The fraction of sp³-hybridized carbons (Fsp3) is 0.333. The number of quaternary nitrogens is 1. The van der Waals surface area contributed by atoms with E-state index in [0.29, 0.717) is 28.7 Å². The summed E-state index contributed by atoms with van der Waals surface area (Å²) >= 11 is 7.27. The molecule has 0 aliphatic carbocycles. The number of aryl methyl sites for hydroxylation is 1. The SMILES string of the molecule is COC(=O)c1c(NC(=O)C[NH+](C)Cc2ccc(Cl)cc2)sc(C)c1C. The quantitative estimate of drug-likeness (QED) is 0.756. The first-order valence-electron chi connectivity index (χ1n) is 7.85. The summed E-state index contributed by atoms with van der Waals surface area (Å²) in [5.74, 6) is -0.572. The Balaban J connectivity index is 2.01. The third-order valence-corrected chi connectivity index (χ3v) is 5.28. The number of thiophene rings is 1. The third kappa shape index (κ3) is 5.04. The van der Waals surface area contributed by atoms with Crippen molar-refractivity contribution in [2.75, 3.05) is 26.0 Å². The molecular formula is C18H22ClN2O3S+. The Morgan fingerprint density at radius 2 is 1.88 bits per heavy atom. The molecule has 1 aromatic heterocycles. The highest BCUT2D eigenvalue weighted by Gasteiger charge is 2.22. The molecule has 0 saturated carbocycles. The monoisotopic (exact) mass is 381 g/mol. The second kappa shape index (κ2) is 8.47. The molecular weight excluding hydrogens is 360 g/mol. The van der Waals surface area contributed by atoms with Crippen LogP contribution in [0.25, 0.3) is 0 Å². The van der Waals surface area contributed by atoms with E-state index in [1.54, 1.807) is 0 Å². The number of anilines is 1. The summed E-state index contributed by atoms with van der Waals surface area (Å²) in [4.78, 5) is 26.3. The number of esters is 1. The number of likely N-dealkylation sites (N-methyl/N-ethyl adjacent to an activating group) is 1. The molecule has 1 amide bonds. The Kier molecular flexibility index (Phi) is 6.58. The zero-order chi connectivity index (χ0) is 18.6. The minimum Gasteiger partial charge on any atom is -0.465 e. The van der Waals surface area contributed by atoms with Crippen LogP contribution >= 0.6 is 22.9 Å². The molecule has 1 atom stereocenters. The lowest BCUT2D eigenvalue weighted by Gasteiger charge is -2.14. The molecule has 2 aromatic rings. The first kappa shape index (κ1) is 19.4. The van der Waals surface area contributed by atoms with E-state index in [4.69, 9.17) is 16.3 Å². The number of methoxy groups -OCH3 is 1. The van der Waals surface area contributed by atoms with Gasteiger partial charge in [0.25, 0.3) is 5.91 Å². The number of benzene rings is 1. The van der Waals surface area contributed by atoms with E-state index < -0.39 is 5.97 Å². The molecule has 5 nitrogen and oxygen atoms in total. The van der Waals surface area contributed by atoms with Gasteiger partial charge in [0.1, 0.15) is 11.5 Å². The maximum atomic E-state index is 12.4. The summed E-state index contributed by atoms with van der Waals surface area (Å²) in [7, 11) is 3.28. The molecule has 0 fully saturated rings. The highest BCUT2D eigenvalue weighted by molar-refractivity contribution is 7.16. The maximum absolute atomic E-state index is 12.4. The predicted molar refractivity (Wildman–Crippen MR) is 101 cm³/mol. The molecule has 0 bridgehead atoms. The van der Waals surface area contributed by atoms with Crippen LogP contribution < -0.4 is 10.2 Å². The van der Waals surface area contributed by atoms with Gasteiger partial charge in [0.15, 0.2) is 6.54 Å². The Bertz CT molecular complexity index is 771. The maximum Gasteiger partial charge on any atom is 0.341 e. The molecule has 0 spiro atoms. The van der Waals surface area contributed by atoms with Gasteiger partial charge < -0.3 is 15.0 Å². The van der Waals surface area contributed by atoms with Crippen molar-refractivity contribution in [3.8, 4) is 0 Å². The zero-order valence-electron chi connectivity index (χ0n) is 14.7. The van der Waals surface area contributed by atoms with Gasteiger partial charge in [-0.1, -0.05) is 23.7 Å². The van der Waals surface area contributed by atoms with Gasteiger partial charge in [0, 0.05) is 15.5 Å². The van der Waals surface area contributed by atoms with E-state index in [9.17, 15) is 9.59 Å². The highest BCUT2D eigenvalue weighted by Crippen LogP contribution is 2.32. The van der Waals surface area contributed by atoms with Gasteiger partial charge in [-0.15, -0.1) is 11.3 Å². The van der Waals surface area contributed by atoms with E-state index in [2.05, 4.69) is 5.32 Å². The molecule has 7 heteroatoms. The van der Waals surface area contributed by atoms with Gasteiger partial charge in [0.05, 0.1) is 19.7 Å². The van der Waals surface area contributed by atoms with Gasteiger partial charge >= 0.3 is 5.97 Å². The number of halogens is 1. The van der Waals surface area contributed by atoms with E-state index in [1.807, 2.05) is 45.2 Å². The number of ether oxygens (including phenoxy) is 1. The fourth-order valence-corrected chi connectivity index (χ4v) is 3.71. The van der Waals surface area contributed by atoms with Crippen molar-refractivity contribution in [2.24, 2.45) is 0 Å². The standard InChI is InChI=1S/C18H21ClN2O3S/c1-11-12(2)25-17(16(11)18(23)24-4)20-15(22)10-21(3)9-13-5-7-14(19)8-6-13/h5-8H,9-10H2,1-4H3,(H,20,22)/p+1. The number of nitrogens with one attached hydrogen (secondary N) is 2. The van der Waals surface area contributed by atoms with Crippen LogP contribution in [0.1, 0.15) is 26.4 Å². The number of carbonyl (C=O) groups is 2. The summed E-state index contributed by atoms with van der Waals surface area (Å²) in [6.07, 6.45) is 0. The van der Waals surface area contributed by atoms with Crippen molar-refractivity contribution < 1.29 is 19.2 Å². The van der Waals surface area contributed by atoms with Crippen LogP contribution in [0.5, 0.6) is 0 Å². The Hall–Kier alpha value is -1.89. The molecule has 2 rings (SSSR count). The second-order valence-electron chi connectivity index (χ2n) is 5.96. The molecule has 25 heavy (non-hydrogen) atoms. The number of rotatable bonds is 6. The van der Waals surface area contributed by atoms with Gasteiger partial charge in [-0.2, -0.15) is 0 Å². The molecule has 0 saturated heterocycles. The van der Waals surface area contributed by atoms with Crippen molar-refractivity contribution >= 4 is 39.8 Å². The summed E-state index contributed by atoms with van der Waals surface area (Å²) in [5, 5.41) is 4.09. The molecule has 0 aliphatic rings. The molecule has 1 unspecified atom stereocenters. The van der Waals surface area contributed by atoms with Crippen LogP contribution in [0.15, 0.2) is 24.3 Å². The first-order chi connectivity index (χ1) is 11.8. The predicted octanol–water partition coefficient (Wildman–Crippen LogP) is 2.46. The van der Waals surface area contributed by atoms with Crippen LogP contribution in [0.3, 0.4) is 0 Å². The number of hydrogen-bond acceptors (Lipinski definition) is 4. The average Bonchev–Trinajstić information content (AvgIpc) is 2.82. The topological polar surface area (TPSA) is 59.8 Å². The third-order valence-electron chi connectivity index (χ3n) is 3.91. The minimum atomic E-state index is -0.431.